The summed E-state index contributed by atoms with van der Waals surface area (Å²) in [6, 6.07) is 6.52. The minimum Gasteiger partial charge on any atom is -0.462 e. The van der Waals surface area contributed by atoms with E-state index in [9.17, 15) is 9.59 Å². The zero-order chi connectivity index (χ0) is 12.7. The Balaban J connectivity index is 2.70. The molecule has 0 saturated carbocycles. The average Bonchev–Trinajstić information content (AvgIpc) is 2.36. The van der Waals surface area contributed by atoms with Crippen molar-refractivity contribution < 1.29 is 14.3 Å². The van der Waals surface area contributed by atoms with E-state index in [-0.39, 0.29) is 11.8 Å². The lowest BCUT2D eigenvalue weighted by Gasteiger charge is -2.03. The van der Waals surface area contributed by atoms with Crippen LogP contribution in [0.3, 0.4) is 0 Å². The van der Waals surface area contributed by atoms with Gasteiger partial charge < -0.3 is 4.74 Å². The lowest BCUT2D eigenvalue weighted by Crippen LogP contribution is -2.05. The molecule has 1 aromatic carbocycles. The number of hydrogen-bond donors (Lipinski definition) is 0. The van der Waals surface area contributed by atoms with E-state index in [0.29, 0.717) is 30.6 Å². The Morgan fingerprint density at radius 3 is 2.35 bits per heavy atom. The molecule has 0 heterocycles. The van der Waals surface area contributed by atoms with Gasteiger partial charge in [-0.25, -0.2) is 4.79 Å². The van der Waals surface area contributed by atoms with Crippen LogP contribution in [0, 0.1) is 0 Å². The molecule has 0 amide bonds. The standard InChI is InChI=1S/C14H16O3/c1-3-5-6-13(15)11-7-9-12(10-8-11)14(16)17-4-2/h3,7-10H,1,4-6H2,2H3. The van der Waals surface area contributed by atoms with Crippen molar-refractivity contribution >= 4 is 11.8 Å². The fourth-order valence-electron chi connectivity index (χ4n) is 1.38. The second kappa shape index (κ2) is 6.63. The summed E-state index contributed by atoms with van der Waals surface area (Å²) >= 11 is 0. The second-order valence-corrected chi connectivity index (χ2v) is 3.55. The molecule has 0 aliphatic rings. The molecule has 0 bridgehead atoms. The molecule has 0 saturated heterocycles. The smallest absolute Gasteiger partial charge is 0.338 e. The quantitative estimate of drug-likeness (QED) is 0.430. The number of allylic oxidation sites excluding steroid dienone is 1. The molecule has 0 N–H and O–H groups in total. The first-order valence-corrected chi connectivity index (χ1v) is 5.60. The number of carbonyl (C=O) groups excluding carboxylic acids is 2. The number of ether oxygens (including phenoxy) is 1. The van der Waals surface area contributed by atoms with Crippen LogP contribution in [0.1, 0.15) is 40.5 Å². The van der Waals surface area contributed by atoms with Gasteiger partial charge in [0.25, 0.3) is 0 Å². The van der Waals surface area contributed by atoms with Gasteiger partial charge >= 0.3 is 5.97 Å². The number of esters is 1. The van der Waals surface area contributed by atoms with E-state index in [4.69, 9.17) is 4.74 Å². The zero-order valence-electron chi connectivity index (χ0n) is 9.94. The Kier molecular flexibility index (Phi) is 5.14. The van der Waals surface area contributed by atoms with Crippen LogP contribution in [0.15, 0.2) is 36.9 Å². The van der Waals surface area contributed by atoms with Gasteiger partial charge in [-0.2, -0.15) is 0 Å². The Bertz CT molecular complexity index is 404. The monoisotopic (exact) mass is 232 g/mol. The molecule has 17 heavy (non-hydrogen) atoms. The van der Waals surface area contributed by atoms with Gasteiger partial charge in [-0.15, -0.1) is 6.58 Å². The molecule has 1 aromatic rings. The van der Waals surface area contributed by atoms with Crippen molar-refractivity contribution in [2.75, 3.05) is 6.61 Å². The van der Waals surface area contributed by atoms with E-state index in [2.05, 4.69) is 6.58 Å². The molecule has 0 radical (unpaired) electrons. The maximum Gasteiger partial charge on any atom is 0.338 e. The van der Waals surface area contributed by atoms with Gasteiger partial charge in [0.15, 0.2) is 5.78 Å². The number of carbonyl (C=O) groups is 2. The molecule has 0 atom stereocenters. The third kappa shape index (κ3) is 3.87. The normalized spacial score (nSPS) is 9.71. The highest BCUT2D eigenvalue weighted by Gasteiger charge is 2.08. The minimum atomic E-state index is -0.363. The third-order valence-electron chi connectivity index (χ3n) is 2.29. The molecule has 0 aliphatic carbocycles. The lowest BCUT2D eigenvalue weighted by molar-refractivity contribution is 0.0526. The van der Waals surface area contributed by atoms with Crippen molar-refractivity contribution in [2.24, 2.45) is 0 Å². The molecule has 0 unspecified atom stereocenters. The Hall–Kier alpha value is -1.90. The van der Waals surface area contributed by atoms with Crippen molar-refractivity contribution in [1.82, 2.24) is 0 Å². The summed E-state index contributed by atoms with van der Waals surface area (Å²) in [7, 11) is 0. The van der Waals surface area contributed by atoms with E-state index in [1.807, 2.05) is 0 Å². The molecule has 3 nitrogen and oxygen atoms in total. The molecule has 0 fully saturated rings. The summed E-state index contributed by atoms with van der Waals surface area (Å²) in [5.41, 5.74) is 1.08. The SMILES string of the molecule is C=CCCC(=O)c1ccc(C(=O)OCC)cc1. The molecule has 0 aliphatic heterocycles. The first-order valence-electron chi connectivity index (χ1n) is 5.60. The maximum absolute atomic E-state index is 11.6. The fourth-order valence-corrected chi connectivity index (χ4v) is 1.38. The highest BCUT2D eigenvalue weighted by atomic mass is 16.5. The summed E-state index contributed by atoms with van der Waals surface area (Å²) in [5.74, 6) is -0.308. The maximum atomic E-state index is 11.6. The summed E-state index contributed by atoms with van der Waals surface area (Å²) in [6.45, 7) is 5.67. The molecule has 1 rings (SSSR count). The Morgan fingerprint density at radius 2 is 1.82 bits per heavy atom. The fraction of sp³-hybridized carbons (Fsp3) is 0.286. The van der Waals surface area contributed by atoms with Gasteiger partial charge in [-0.3, -0.25) is 4.79 Å². The predicted molar refractivity (Wildman–Crippen MR) is 66.2 cm³/mol. The van der Waals surface area contributed by atoms with E-state index in [0.717, 1.165) is 0 Å². The van der Waals surface area contributed by atoms with Gasteiger partial charge in [0.2, 0.25) is 0 Å². The highest BCUT2D eigenvalue weighted by Crippen LogP contribution is 2.09. The Morgan fingerprint density at radius 1 is 1.24 bits per heavy atom. The van der Waals surface area contributed by atoms with Crippen LogP contribution in [0.25, 0.3) is 0 Å². The minimum absolute atomic E-state index is 0.0558. The van der Waals surface area contributed by atoms with E-state index in [1.165, 1.54) is 0 Å². The van der Waals surface area contributed by atoms with E-state index >= 15 is 0 Å². The summed E-state index contributed by atoms with van der Waals surface area (Å²) in [4.78, 5) is 23.0. The van der Waals surface area contributed by atoms with Gasteiger partial charge in [0.05, 0.1) is 12.2 Å². The van der Waals surface area contributed by atoms with Gasteiger partial charge in [0.1, 0.15) is 0 Å². The number of ketones is 1. The van der Waals surface area contributed by atoms with Crippen LogP contribution in [-0.4, -0.2) is 18.4 Å². The zero-order valence-corrected chi connectivity index (χ0v) is 9.94. The molecule has 3 heteroatoms. The molecule has 0 spiro atoms. The number of hydrogen-bond acceptors (Lipinski definition) is 3. The molecular weight excluding hydrogens is 216 g/mol. The van der Waals surface area contributed by atoms with Crippen LogP contribution in [0.5, 0.6) is 0 Å². The number of Topliss-reactive ketones (excluding diaryl/α,β-unsaturated/α-hetero) is 1. The highest BCUT2D eigenvalue weighted by molar-refractivity contribution is 5.97. The van der Waals surface area contributed by atoms with Crippen LogP contribution >= 0.6 is 0 Å². The van der Waals surface area contributed by atoms with Crippen LogP contribution in [0.2, 0.25) is 0 Å². The van der Waals surface area contributed by atoms with Crippen LogP contribution < -0.4 is 0 Å². The number of benzene rings is 1. The summed E-state index contributed by atoms with van der Waals surface area (Å²) in [6.07, 6.45) is 2.82. The van der Waals surface area contributed by atoms with Crippen molar-refractivity contribution in [2.45, 2.75) is 19.8 Å². The van der Waals surface area contributed by atoms with Crippen molar-refractivity contribution in [3.8, 4) is 0 Å². The molecule has 0 aromatic heterocycles. The van der Waals surface area contributed by atoms with Crippen LogP contribution in [-0.2, 0) is 4.74 Å². The largest absolute Gasteiger partial charge is 0.462 e. The first-order chi connectivity index (χ1) is 8.19. The van der Waals surface area contributed by atoms with Crippen molar-refractivity contribution in [1.29, 1.82) is 0 Å². The summed E-state index contributed by atoms with van der Waals surface area (Å²) in [5, 5.41) is 0. The van der Waals surface area contributed by atoms with E-state index < -0.39 is 0 Å². The topological polar surface area (TPSA) is 43.4 Å². The van der Waals surface area contributed by atoms with Gasteiger partial charge in [-0.1, -0.05) is 18.2 Å². The van der Waals surface area contributed by atoms with Crippen molar-refractivity contribution in [3.63, 3.8) is 0 Å². The predicted octanol–water partition coefficient (Wildman–Crippen LogP) is 3.01. The second-order valence-electron chi connectivity index (χ2n) is 3.55. The summed E-state index contributed by atoms with van der Waals surface area (Å²) < 4.78 is 4.86. The molecular formula is C14H16O3. The van der Waals surface area contributed by atoms with Gasteiger partial charge in [0, 0.05) is 12.0 Å². The lowest BCUT2D eigenvalue weighted by atomic mass is 10.0. The van der Waals surface area contributed by atoms with Gasteiger partial charge in [-0.05, 0) is 25.5 Å². The molecule has 90 valence electrons. The van der Waals surface area contributed by atoms with Crippen LogP contribution in [0.4, 0.5) is 0 Å². The number of rotatable bonds is 6. The third-order valence-corrected chi connectivity index (χ3v) is 2.29. The van der Waals surface area contributed by atoms with E-state index in [1.54, 1.807) is 37.3 Å². The Labute approximate surface area is 101 Å². The first kappa shape index (κ1) is 13.2. The van der Waals surface area contributed by atoms with Crippen molar-refractivity contribution in [3.05, 3.63) is 48.0 Å². The average molecular weight is 232 g/mol.